The molecule has 0 atom stereocenters. The standard InChI is InChI=1S/C16H10BrCl2NO/c17-8-10-9-20(14-4-2-1-3-13(14)19)15-7-11(18)5-6-12(15)16(10)21/h1-7,9H,8H2. The van der Waals surface area contributed by atoms with Gasteiger partial charge in [-0.1, -0.05) is 51.3 Å². The molecule has 2 aromatic carbocycles. The molecule has 0 bridgehead atoms. The largest absolute Gasteiger partial charge is 0.314 e. The molecule has 0 N–H and O–H groups in total. The second-order valence-electron chi connectivity index (χ2n) is 4.60. The van der Waals surface area contributed by atoms with E-state index in [-0.39, 0.29) is 5.43 Å². The number of fused-ring (bicyclic) bond motifs is 1. The Hall–Kier alpha value is -1.29. The van der Waals surface area contributed by atoms with Gasteiger partial charge >= 0.3 is 0 Å². The number of aromatic nitrogens is 1. The summed E-state index contributed by atoms with van der Waals surface area (Å²) in [5, 5.41) is 2.29. The Morgan fingerprint density at radius 1 is 1.10 bits per heavy atom. The fourth-order valence-electron chi connectivity index (χ4n) is 2.29. The number of rotatable bonds is 2. The van der Waals surface area contributed by atoms with E-state index in [0.29, 0.717) is 26.3 Å². The zero-order valence-electron chi connectivity index (χ0n) is 10.8. The maximum absolute atomic E-state index is 12.4. The first-order valence-electron chi connectivity index (χ1n) is 6.26. The number of pyridine rings is 1. The molecule has 0 saturated carbocycles. The van der Waals surface area contributed by atoms with Crippen LogP contribution in [0.3, 0.4) is 0 Å². The minimum Gasteiger partial charge on any atom is -0.314 e. The third-order valence-electron chi connectivity index (χ3n) is 3.30. The summed E-state index contributed by atoms with van der Waals surface area (Å²) in [6.07, 6.45) is 1.80. The first-order chi connectivity index (χ1) is 10.1. The molecule has 21 heavy (non-hydrogen) atoms. The molecule has 0 unspecified atom stereocenters. The molecule has 5 heteroatoms. The van der Waals surface area contributed by atoms with Crippen molar-refractivity contribution in [1.82, 2.24) is 4.57 Å². The van der Waals surface area contributed by atoms with Gasteiger partial charge in [0.1, 0.15) is 0 Å². The number of hydrogen-bond acceptors (Lipinski definition) is 1. The van der Waals surface area contributed by atoms with Gasteiger partial charge in [0, 0.05) is 27.5 Å². The van der Waals surface area contributed by atoms with Crippen LogP contribution < -0.4 is 5.43 Å². The summed E-state index contributed by atoms with van der Waals surface area (Å²) in [4.78, 5) is 12.4. The molecule has 0 spiro atoms. The molecular formula is C16H10BrCl2NO. The lowest BCUT2D eigenvalue weighted by Gasteiger charge is -2.14. The second kappa shape index (κ2) is 5.84. The van der Waals surface area contributed by atoms with Crippen molar-refractivity contribution in [3.63, 3.8) is 0 Å². The van der Waals surface area contributed by atoms with Gasteiger partial charge in [0.25, 0.3) is 0 Å². The summed E-state index contributed by atoms with van der Waals surface area (Å²) in [5.74, 6) is 0. The second-order valence-corrected chi connectivity index (χ2v) is 6.00. The highest BCUT2D eigenvalue weighted by Crippen LogP contribution is 2.26. The Kier molecular flexibility index (Phi) is 4.07. The average Bonchev–Trinajstić information content (AvgIpc) is 2.48. The zero-order valence-corrected chi connectivity index (χ0v) is 13.9. The lowest BCUT2D eigenvalue weighted by atomic mass is 10.1. The average molecular weight is 383 g/mol. The van der Waals surface area contributed by atoms with Gasteiger partial charge in [-0.3, -0.25) is 4.79 Å². The van der Waals surface area contributed by atoms with Crippen LogP contribution in [0.15, 0.2) is 53.5 Å². The van der Waals surface area contributed by atoms with Crippen molar-refractivity contribution >= 4 is 50.0 Å². The molecule has 0 aliphatic carbocycles. The Morgan fingerprint density at radius 3 is 2.57 bits per heavy atom. The van der Waals surface area contributed by atoms with E-state index in [1.54, 1.807) is 24.4 Å². The monoisotopic (exact) mass is 381 g/mol. The molecule has 1 aromatic heterocycles. The van der Waals surface area contributed by atoms with Crippen LogP contribution in [0.2, 0.25) is 10.0 Å². The maximum Gasteiger partial charge on any atom is 0.193 e. The highest BCUT2D eigenvalue weighted by atomic mass is 79.9. The molecule has 1 heterocycles. The van der Waals surface area contributed by atoms with E-state index in [1.807, 2.05) is 28.8 Å². The SMILES string of the molecule is O=c1c(CBr)cn(-c2ccccc2Cl)c2cc(Cl)ccc12. The third kappa shape index (κ3) is 2.61. The van der Waals surface area contributed by atoms with E-state index in [4.69, 9.17) is 23.2 Å². The van der Waals surface area contributed by atoms with Crippen molar-refractivity contribution in [2.45, 2.75) is 5.33 Å². The molecule has 3 rings (SSSR count). The lowest BCUT2D eigenvalue weighted by molar-refractivity contribution is 1.07. The van der Waals surface area contributed by atoms with E-state index in [1.165, 1.54) is 0 Å². The third-order valence-corrected chi connectivity index (χ3v) is 4.46. The Bertz CT molecular complexity index is 889. The quantitative estimate of drug-likeness (QED) is 0.559. The van der Waals surface area contributed by atoms with E-state index >= 15 is 0 Å². The minimum absolute atomic E-state index is 0.00171. The van der Waals surface area contributed by atoms with Crippen LogP contribution in [-0.2, 0) is 5.33 Å². The van der Waals surface area contributed by atoms with Crippen molar-refractivity contribution in [3.8, 4) is 5.69 Å². The van der Waals surface area contributed by atoms with Gasteiger partial charge in [-0.25, -0.2) is 0 Å². The molecular weight excluding hydrogens is 373 g/mol. The highest BCUT2D eigenvalue weighted by Gasteiger charge is 2.11. The first kappa shape index (κ1) is 14.6. The van der Waals surface area contributed by atoms with Crippen LogP contribution in [-0.4, -0.2) is 4.57 Å². The molecule has 0 saturated heterocycles. The molecule has 0 fully saturated rings. The molecule has 106 valence electrons. The summed E-state index contributed by atoms with van der Waals surface area (Å²) in [5.41, 5.74) is 2.23. The summed E-state index contributed by atoms with van der Waals surface area (Å²) in [6.45, 7) is 0. The fourth-order valence-corrected chi connectivity index (χ4v) is 3.09. The van der Waals surface area contributed by atoms with Crippen LogP contribution in [0.25, 0.3) is 16.6 Å². The lowest BCUT2D eigenvalue weighted by Crippen LogP contribution is -2.13. The summed E-state index contributed by atoms with van der Waals surface area (Å²) in [6, 6.07) is 12.8. The fraction of sp³-hybridized carbons (Fsp3) is 0.0625. The molecule has 0 aliphatic heterocycles. The zero-order chi connectivity index (χ0) is 15.0. The van der Waals surface area contributed by atoms with Gasteiger partial charge < -0.3 is 4.57 Å². The minimum atomic E-state index is 0.00171. The first-order valence-corrected chi connectivity index (χ1v) is 8.14. The summed E-state index contributed by atoms with van der Waals surface area (Å²) in [7, 11) is 0. The van der Waals surface area contributed by atoms with Gasteiger partial charge in [0.2, 0.25) is 0 Å². The van der Waals surface area contributed by atoms with Crippen LogP contribution in [0, 0.1) is 0 Å². The molecule has 0 aliphatic rings. The number of halogens is 3. The van der Waals surface area contributed by atoms with E-state index in [0.717, 1.165) is 11.2 Å². The van der Waals surface area contributed by atoms with Gasteiger partial charge in [0.15, 0.2) is 5.43 Å². The van der Waals surface area contributed by atoms with Gasteiger partial charge in [-0.05, 0) is 30.3 Å². The van der Waals surface area contributed by atoms with E-state index in [2.05, 4.69) is 15.9 Å². The Labute approximate surface area is 140 Å². The Morgan fingerprint density at radius 2 is 1.86 bits per heavy atom. The van der Waals surface area contributed by atoms with Gasteiger partial charge in [-0.2, -0.15) is 0 Å². The van der Waals surface area contributed by atoms with Crippen molar-refractivity contribution in [2.24, 2.45) is 0 Å². The predicted octanol–water partition coefficient (Wildman–Crippen LogP) is 5.19. The van der Waals surface area contributed by atoms with E-state index < -0.39 is 0 Å². The highest BCUT2D eigenvalue weighted by molar-refractivity contribution is 9.08. The van der Waals surface area contributed by atoms with Crippen LogP contribution >= 0.6 is 39.1 Å². The maximum atomic E-state index is 12.4. The van der Waals surface area contributed by atoms with Crippen molar-refractivity contribution in [2.75, 3.05) is 0 Å². The van der Waals surface area contributed by atoms with Gasteiger partial charge in [0.05, 0.1) is 16.2 Å². The molecule has 0 radical (unpaired) electrons. The molecule has 3 aromatic rings. The molecule has 2 nitrogen and oxygen atoms in total. The number of hydrogen-bond donors (Lipinski definition) is 0. The number of alkyl halides is 1. The number of benzene rings is 2. The predicted molar refractivity (Wildman–Crippen MR) is 92.2 cm³/mol. The summed E-state index contributed by atoms with van der Waals surface area (Å²) < 4.78 is 1.90. The topological polar surface area (TPSA) is 22.0 Å². The van der Waals surface area contributed by atoms with Crippen LogP contribution in [0.1, 0.15) is 5.56 Å². The van der Waals surface area contributed by atoms with Crippen LogP contribution in [0.4, 0.5) is 0 Å². The van der Waals surface area contributed by atoms with Gasteiger partial charge in [-0.15, -0.1) is 0 Å². The normalized spacial score (nSPS) is 11.0. The van der Waals surface area contributed by atoms with Crippen molar-refractivity contribution < 1.29 is 0 Å². The smallest absolute Gasteiger partial charge is 0.193 e. The summed E-state index contributed by atoms with van der Waals surface area (Å²) >= 11 is 15.7. The number of nitrogens with zero attached hydrogens (tertiary/aromatic N) is 1. The number of para-hydroxylation sites is 1. The van der Waals surface area contributed by atoms with E-state index in [9.17, 15) is 4.79 Å². The van der Waals surface area contributed by atoms with Crippen molar-refractivity contribution in [3.05, 3.63) is 74.5 Å². The van der Waals surface area contributed by atoms with Crippen LogP contribution in [0.5, 0.6) is 0 Å². The Balaban J connectivity index is 2.47. The molecule has 0 amide bonds. The van der Waals surface area contributed by atoms with Crippen molar-refractivity contribution in [1.29, 1.82) is 0 Å².